The summed E-state index contributed by atoms with van der Waals surface area (Å²) in [5, 5.41) is 0. The van der Waals surface area contributed by atoms with Crippen LogP contribution in [0.4, 0.5) is 0 Å². The van der Waals surface area contributed by atoms with Gasteiger partial charge < -0.3 is 20.1 Å². The van der Waals surface area contributed by atoms with Crippen molar-refractivity contribution < 1.29 is 23.9 Å². The quantitative estimate of drug-likeness (QED) is 0.783. The largest absolute Gasteiger partial charge is 0.464 e. The number of benzene rings is 1. The van der Waals surface area contributed by atoms with Gasteiger partial charge in [0.05, 0.1) is 5.57 Å². The van der Waals surface area contributed by atoms with Crippen LogP contribution in [0.1, 0.15) is 33.6 Å². The molecule has 29 heavy (non-hydrogen) atoms. The molecular formula is C21H23ClN2O5. The summed E-state index contributed by atoms with van der Waals surface area (Å²) in [7, 11) is 1.40. The zero-order valence-corrected chi connectivity index (χ0v) is 16.9. The number of ketones is 2. The molecule has 0 spiro atoms. The molecule has 0 saturated carbocycles. The number of amides is 1. The summed E-state index contributed by atoms with van der Waals surface area (Å²) in [5.41, 5.74) is 6.69. The average molecular weight is 419 g/mol. The third kappa shape index (κ3) is 3.73. The summed E-state index contributed by atoms with van der Waals surface area (Å²) < 4.78 is 11.2. The number of carbonyl (C=O) groups excluding carboxylic acids is 3. The molecule has 154 valence electrons. The molecule has 3 aliphatic rings. The Labute approximate surface area is 174 Å². The van der Waals surface area contributed by atoms with Crippen LogP contribution in [0.2, 0.25) is 0 Å². The van der Waals surface area contributed by atoms with Crippen LogP contribution in [-0.4, -0.2) is 55.4 Å². The van der Waals surface area contributed by atoms with Gasteiger partial charge in [0, 0.05) is 30.4 Å². The van der Waals surface area contributed by atoms with Gasteiger partial charge in [0.1, 0.15) is 11.7 Å². The van der Waals surface area contributed by atoms with Gasteiger partial charge in [0.15, 0.2) is 11.6 Å². The number of methoxy groups -OCH3 is 1. The van der Waals surface area contributed by atoms with E-state index in [0.29, 0.717) is 17.7 Å². The fraction of sp³-hybridized carbons (Fsp3) is 0.381. The minimum Gasteiger partial charge on any atom is -0.464 e. The van der Waals surface area contributed by atoms with Crippen LogP contribution in [0.5, 0.6) is 0 Å². The molecule has 1 aliphatic carbocycles. The Bertz CT molecular complexity index is 917. The van der Waals surface area contributed by atoms with Crippen LogP contribution in [0.15, 0.2) is 47.2 Å². The third-order valence-corrected chi connectivity index (χ3v) is 5.50. The molecular weight excluding hydrogens is 396 g/mol. The van der Waals surface area contributed by atoms with Gasteiger partial charge >= 0.3 is 0 Å². The number of carbonyl (C=O) groups is 3. The number of fused-ring (bicyclic) bond motifs is 1. The molecule has 1 aromatic rings. The van der Waals surface area contributed by atoms with E-state index in [4.69, 9.17) is 15.2 Å². The fourth-order valence-electron chi connectivity index (χ4n) is 4.04. The van der Waals surface area contributed by atoms with Gasteiger partial charge in [0.2, 0.25) is 12.2 Å². The van der Waals surface area contributed by atoms with E-state index in [9.17, 15) is 14.4 Å². The van der Waals surface area contributed by atoms with Crippen molar-refractivity contribution in [1.82, 2.24) is 4.90 Å². The molecule has 1 amide bonds. The first-order valence-electron chi connectivity index (χ1n) is 9.36. The van der Waals surface area contributed by atoms with Gasteiger partial charge in [-0.05, 0) is 32.0 Å². The lowest BCUT2D eigenvalue weighted by Gasteiger charge is -2.33. The van der Waals surface area contributed by atoms with Crippen molar-refractivity contribution in [3.05, 3.63) is 58.4 Å². The second-order valence-corrected chi connectivity index (χ2v) is 7.23. The minimum absolute atomic E-state index is 0. The predicted octanol–water partition coefficient (Wildman–Crippen LogP) is 1.87. The normalized spacial score (nSPS) is 22.2. The van der Waals surface area contributed by atoms with E-state index in [1.807, 2.05) is 0 Å². The maximum Gasteiger partial charge on any atom is 0.230 e. The third-order valence-electron chi connectivity index (χ3n) is 5.50. The van der Waals surface area contributed by atoms with Crippen molar-refractivity contribution >= 4 is 29.9 Å². The number of nitrogens with zero attached hydrogens (tertiary/aromatic N) is 1. The van der Waals surface area contributed by atoms with Crippen LogP contribution in [0.3, 0.4) is 0 Å². The highest BCUT2D eigenvalue weighted by atomic mass is 35.5. The van der Waals surface area contributed by atoms with Crippen LogP contribution in [0, 0.1) is 5.92 Å². The highest BCUT2D eigenvalue weighted by Gasteiger charge is 2.41. The topological polar surface area (TPSA) is 98.9 Å². The Balaban J connectivity index is 0.00000240. The van der Waals surface area contributed by atoms with E-state index in [0.717, 1.165) is 25.9 Å². The number of Topliss-reactive ketones (excluding diaryl/α,β-unsaturated/α-hetero) is 2. The number of halogens is 1. The lowest BCUT2D eigenvalue weighted by atomic mass is 9.82. The number of rotatable bonds is 5. The van der Waals surface area contributed by atoms with Crippen molar-refractivity contribution in [2.75, 3.05) is 26.7 Å². The Kier molecular flexibility index (Phi) is 6.21. The molecule has 2 heterocycles. The maximum absolute atomic E-state index is 13.0. The van der Waals surface area contributed by atoms with Crippen molar-refractivity contribution in [3.63, 3.8) is 0 Å². The predicted molar refractivity (Wildman–Crippen MR) is 108 cm³/mol. The second-order valence-electron chi connectivity index (χ2n) is 7.23. The number of primary amides is 1. The van der Waals surface area contributed by atoms with Crippen LogP contribution in [-0.2, 0) is 14.3 Å². The molecule has 2 aliphatic heterocycles. The Morgan fingerprint density at radius 1 is 1.21 bits per heavy atom. The first kappa shape index (κ1) is 21.2. The molecule has 2 unspecified atom stereocenters. The SMILES string of the molecule is COC1OC(C(CN2CCCC2)C(N)=O)=CC2=C1C(=O)c1ccccc1C2=O.Cl. The maximum atomic E-state index is 13.0. The molecule has 1 saturated heterocycles. The molecule has 1 fully saturated rings. The lowest BCUT2D eigenvalue weighted by Crippen LogP contribution is -2.40. The summed E-state index contributed by atoms with van der Waals surface area (Å²) in [5.74, 6) is -1.57. The zero-order chi connectivity index (χ0) is 19.8. The molecule has 7 nitrogen and oxygen atoms in total. The summed E-state index contributed by atoms with van der Waals surface area (Å²) in [6.07, 6.45) is 2.59. The molecule has 0 radical (unpaired) electrons. The first-order valence-corrected chi connectivity index (χ1v) is 9.36. The lowest BCUT2D eigenvalue weighted by molar-refractivity contribution is -0.125. The van der Waals surface area contributed by atoms with Gasteiger partial charge in [-0.2, -0.15) is 0 Å². The van der Waals surface area contributed by atoms with Crippen molar-refractivity contribution in [2.45, 2.75) is 19.1 Å². The molecule has 0 aromatic heterocycles. The van der Waals surface area contributed by atoms with E-state index < -0.39 is 18.1 Å². The summed E-state index contributed by atoms with van der Waals surface area (Å²) >= 11 is 0. The summed E-state index contributed by atoms with van der Waals surface area (Å²) in [4.78, 5) is 40.3. The van der Waals surface area contributed by atoms with Crippen molar-refractivity contribution in [3.8, 4) is 0 Å². The van der Waals surface area contributed by atoms with E-state index in [1.54, 1.807) is 24.3 Å². The molecule has 1 aromatic carbocycles. The molecule has 2 atom stereocenters. The van der Waals surface area contributed by atoms with E-state index in [-0.39, 0.29) is 40.9 Å². The second kappa shape index (κ2) is 8.49. The number of nitrogens with two attached hydrogens (primary N) is 1. The standard InChI is InChI=1S/C21H22N2O5.ClH/c1-27-21-17-14(18(24)12-6-2-3-7-13(12)19(17)25)10-16(28-21)15(20(22)26)11-23-8-4-5-9-23;/h2-3,6-7,10,15,21H,4-5,8-9,11H2,1H3,(H2,22,26);1H. The number of ether oxygens (including phenoxy) is 2. The fourth-order valence-corrected chi connectivity index (χ4v) is 4.04. The summed E-state index contributed by atoms with van der Waals surface area (Å²) in [6.45, 7) is 2.20. The van der Waals surface area contributed by atoms with Gasteiger partial charge in [0.25, 0.3) is 0 Å². The Hall–Kier alpha value is -2.48. The van der Waals surface area contributed by atoms with Crippen molar-refractivity contribution in [1.29, 1.82) is 0 Å². The average Bonchev–Trinajstić information content (AvgIpc) is 3.22. The van der Waals surface area contributed by atoms with Gasteiger partial charge in [-0.1, -0.05) is 24.3 Å². The molecule has 2 N–H and O–H groups in total. The van der Waals surface area contributed by atoms with Crippen LogP contribution in [0.25, 0.3) is 0 Å². The van der Waals surface area contributed by atoms with E-state index >= 15 is 0 Å². The zero-order valence-electron chi connectivity index (χ0n) is 16.1. The Morgan fingerprint density at radius 2 is 1.83 bits per heavy atom. The smallest absolute Gasteiger partial charge is 0.230 e. The monoisotopic (exact) mass is 418 g/mol. The van der Waals surface area contributed by atoms with Gasteiger partial charge in [-0.25, -0.2) is 0 Å². The number of likely N-dealkylation sites (tertiary alicyclic amines) is 1. The minimum atomic E-state index is -1.06. The van der Waals surface area contributed by atoms with Gasteiger partial charge in [-0.15, -0.1) is 12.4 Å². The summed E-state index contributed by atoms with van der Waals surface area (Å²) in [6, 6.07) is 6.67. The van der Waals surface area contributed by atoms with Crippen molar-refractivity contribution in [2.24, 2.45) is 11.7 Å². The Morgan fingerprint density at radius 3 is 2.41 bits per heavy atom. The molecule has 8 heteroatoms. The van der Waals surface area contributed by atoms with Crippen LogP contribution < -0.4 is 5.73 Å². The molecule has 0 bridgehead atoms. The van der Waals surface area contributed by atoms with Crippen LogP contribution >= 0.6 is 12.4 Å². The number of hydrogen-bond acceptors (Lipinski definition) is 6. The highest BCUT2D eigenvalue weighted by molar-refractivity contribution is 6.28. The number of hydrogen-bond donors (Lipinski definition) is 1. The highest BCUT2D eigenvalue weighted by Crippen LogP contribution is 2.36. The van der Waals surface area contributed by atoms with E-state index in [1.165, 1.54) is 13.2 Å². The van der Waals surface area contributed by atoms with Gasteiger partial charge in [-0.3, -0.25) is 14.4 Å². The number of allylic oxidation sites excluding steroid dienone is 2. The van der Waals surface area contributed by atoms with E-state index in [2.05, 4.69) is 4.90 Å². The molecule has 4 rings (SSSR count). The first-order chi connectivity index (χ1) is 13.5.